The van der Waals surface area contributed by atoms with Gasteiger partial charge in [-0.2, -0.15) is 0 Å². The summed E-state index contributed by atoms with van der Waals surface area (Å²) >= 11 is 0. The maximum absolute atomic E-state index is 11.7. The molecule has 1 aliphatic heterocycles. The SMILES string of the molecule is Cc1cc(N)c(=O)n(CC2(C)COC2)c1. The van der Waals surface area contributed by atoms with Gasteiger partial charge in [-0.05, 0) is 18.6 Å². The van der Waals surface area contributed by atoms with Crippen LogP contribution in [0.25, 0.3) is 0 Å². The van der Waals surface area contributed by atoms with Crippen molar-refractivity contribution in [3.05, 3.63) is 28.2 Å². The molecule has 15 heavy (non-hydrogen) atoms. The van der Waals surface area contributed by atoms with Crippen LogP contribution in [0.15, 0.2) is 17.1 Å². The van der Waals surface area contributed by atoms with Gasteiger partial charge < -0.3 is 15.0 Å². The first-order chi connectivity index (χ1) is 7.00. The van der Waals surface area contributed by atoms with E-state index in [1.165, 1.54) is 0 Å². The molecule has 2 N–H and O–H groups in total. The number of aryl methyl sites for hydroxylation is 1. The van der Waals surface area contributed by atoms with E-state index in [9.17, 15) is 4.79 Å². The van der Waals surface area contributed by atoms with E-state index >= 15 is 0 Å². The smallest absolute Gasteiger partial charge is 0.273 e. The molecule has 0 aromatic carbocycles. The van der Waals surface area contributed by atoms with E-state index in [1.54, 1.807) is 10.6 Å². The van der Waals surface area contributed by atoms with Crippen molar-refractivity contribution in [2.45, 2.75) is 20.4 Å². The minimum absolute atomic E-state index is 0.0874. The first-order valence-electron chi connectivity index (χ1n) is 5.04. The molecule has 1 saturated heterocycles. The van der Waals surface area contributed by atoms with Gasteiger partial charge in [-0.3, -0.25) is 4.79 Å². The fourth-order valence-corrected chi connectivity index (χ4v) is 1.89. The molecule has 1 aromatic heterocycles. The largest absolute Gasteiger partial charge is 0.394 e. The lowest BCUT2D eigenvalue weighted by atomic mass is 9.88. The third-order valence-electron chi connectivity index (χ3n) is 2.70. The molecule has 2 rings (SSSR count). The molecule has 0 amide bonds. The Balaban J connectivity index is 2.32. The highest BCUT2D eigenvalue weighted by Gasteiger charge is 2.34. The molecule has 82 valence electrons. The summed E-state index contributed by atoms with van der Waals surface area (Å²) in [5.41, 5.74) is 6.95. The standard InChI is InChI=1S/C11H16N2O2/c1-8-3-9(12)10(14)13(4-8)5-11(2)6-15-7-11/h3-4H,5-7,12H2,1-2H3. The minimum atomic E-state index is -0.103. The van der Waals surface area contributed by atoms with E-state index in [0.29, 0.717) is 25.4 Å². The van der Waals surface area contributed by atoms with Gasteiger partial charge in [-0.25, -0.2) is 0 Å². The molecule has 1 aliphatic rings. The summed E-state index contributed by atoms with van der Waals surface area (Å²) in [6.07, 6.45) is 1.85. The number of aromatic nitrogens is 1. The molecule has 2 heterocycles. The van der Waals surface area contributed by atoms with Crippen LogP contribution >= 0.6 is 0 Å². The van der Waals surface area contributed by atoms with Crippen LogP contribution in [0.3, 0.4) is 0 Å². The number of ether oxygens (including phenoxy) is 1. The number of nitrogens with zero attached hydrogens (tertiary/aromatic N) is 1. The highest BCUT2D eigenvalue weighted by Crippen LogP contribution is 2.28. The van der Waals surface area contributed by atoms with Gasteiger partial charge in [-0.1, -0.05) is 6.92 Å². The number of anilines is 1. The Morgan fingerprint density at radius 1 is 1.60 bits per heavy atom. The summed E-state index contributed by atoms with van der Waals surface area (Å²) in [6.45, 7) is 6.16. The highest BCUT2D eigenvalue weighted by molar-refractivity contribution is 5.37. The van der Waals surface area contributed by atoms with Gasteiger partial charge in [0.1, 0.15) is 0 Å². The Kier molecular flexibility index (Phi) is 2.31. The lowest BCUT2D eigenvalue weighted by molar-refractivity contribution is -0.110. The summed E-state index contributed by atoms with van der Waals surface area (Å²) in [6, 6.07) is 1.71. The maximum atomic E-state index is 11.7. The topological polar surface area (TPSA) is 57.2 Å². The first-order valence-corrected chi connectivity index (χ1v) is 5.04. The molecular formula is C11H16N2O2. The molecule has 0 saturated carbocycles. The molecule has 0 unspecified atom stereocenters. The predicted molar refractivity (Wildman–Crippen MR) is 58.8 cm³/mol. The third-order valence-corrected chi connectivity index (χ3v) is 2.70. The van der Waals surface area contributed by atoms with Crippen molar-refractivity contribution in [1.82, 2.24) is 4.57 Å². The van der Waals surface area contributed by atoms with Crippen molar-refractivity contribution in [1.29, 1.82) is 0 Å². The van der Waals surface area contributed by atoms with Gasteiger partial charge in [-0.15, -0.1) is 0 Å². The normalized spacial score (nSPS) is 18.5. The van der Waals surface area contributed by atoms with Crippen LogP contribution in [0.2, 0.25) is 0 Å². The molecule has 0 radical (unpaired) electrons. The van der Waals surface area contributed by atoms with Gasteiger partial charge >= 0.3 is 0 Å². The van der Waals surface area contributed by atoms with Crippen molar-refractivity contribution in [3.8, 4) is 0 Å². The van der Waals surface area contributed by atoms with Crippen LogP contribution in [-0.2, 0) is 11.3 Å². The summed E-state index contributed by atoms with van der Waals surface area (Å²) in [4.78, 5) is 11.7. The molecule has 0 spiro atoms. The third kappa shape index (κ3) is 1.90. The Morgan fingerprint density at radius 3 is 2.80 bits per heavy atom. The number of hydrogen-bond acceptors (Lipinski definition) is 3. The first kappa shape index (κ1) is 10.2. The molecule has 1 aromatic rings. The van der Waals surface area contributed by atoms with Crippen molar-refractivity contribution in [2.75, 3.05) is 18.9 Å². The number of nitrogen functional groups attached to an aromatic ring is 1. The lowest BCUT2D eigenvalue weighted by Gasteiger charge is -2.38. The zero-order valence-corrected chi connectivity index (χ0v) is 9.12. The van der Waals surface area contributed by atoms with E-state index in [1.807, 2.05) is 13.1 Å². The summed E-state index contributed by atoms with van der Waals surface area (Å²) < 4.78 is 6.85. The van der Waals surface area contributed by atoms with Crippen molar-refractivity contribution < 1.29 is 4.74 Å². The Hall–Kier alpha value is -1.29. The zero-order valence-electron chi connectivity index (χ0n) is 9.12. The number of pyridine rings is 1. The number of hydrogen-bond donors (Lipinski definition) is 1. The summed E-state index contributed by atoms with van der Waals surface area (Å²) in [7, 11) is 0. The fourth-order valence-electron chi connectivity index (χ4n) is 1.89. The average Bonchev–Trinajstić information content (AvgIpc) is 2.11. The van der Waals surface area contributed by atoms with Gasteiger partial charge in [0.2, 0.25) is 0 Å². The van der Waals surface area contributed by atoms with Crippen LogP contribution in [0.1, 0.15) is 12.5 Å². The molecule has 0 aliphatic carbocycles. The summed E-state index contributed by atoms with van der Waals surface area (Å²) in [5, 5.41) is 0. The van der Waals surface area contributed by atoms with Crippen LogP contribution in [-0.4, -0.2) is 17.8 Å². The van der Waals surface area contributed by atoms with Crippen molar-refractivity contribution in [2.24, 2.45) is 5.41 Å². The molecule has 0 bridgehead atoms. The number of rotatable bonds is 2. The van der Waals surface area contributed by atoms with Crippen molar-refractivity contribution in [3.63, 3.8) is 0 Å². The molecule has 4 heteroatoms. The van der Waals surface area contributed by atoms with Crippen LogP contribution in [0.4, 0.5) is 5.69 Å². The summed E-state index contributed by atoms with van der Waals surface area (Å²) in [5.74, 6) is 0. The quantitative estimate of drug-likeness (QED) is 0.781. The Bertz CT molecular complexity index is 433. The second-order valence-electron chi connectivity index (χ2n) is 4.71. The highest BCUT2D eigenvalue weighted by atomic mass is 16.5. The molecular weight excluding hydrogens is 192 g/mol. The average molecular weight is 208 g/mol. The fraction of sp³-hybridized carbons (Fsp3) is 0.545. The van der Waals surface area contributed by atoms with E-state index in [2.05, 4.69) is 6.92 Å². The second-order valence-corrected chi connectivity index (χ2v) is 4.71. The van der Waals surface area contributed by atoms with E-state index < -0.39 is 0 Å². The van der Waals surface area contributed by atoms with Gasteiger partial charge in [0.25, 0.3) is 5.56 Å². The van der Waals surface area contributed by atoms with Crippen molar-refractivity contribution >= 4 is 5.69 Å². The van der Waals surface area contributed by atoms with E-state index in [4.69, 9.17) is 10.5 Å². The molecule has 1 fully saturated rings. The Labute approximate surface area is 88.7 Å². The minimum Gasteiger partial charge on any atom is -0.394 e. The predicted octanol–water partition coefficient (Wildman–Crippen LogP) is 0.775. The van der Waals surface area contributed by atoms with E-state index in [0.717, 1.165) is 5.56 Å². The van der Waals surface area contributed by atoms with Crippen LogP contribution in [0.5, 0.6) is 0 Å². The maximum Gasteiger partial charge on any atom is 0.273 e. The monoisotopic (exact) mass is 208 g/mol. The van der Waals surface area contributed by atoms with Gasteiger partial charge in [0.05, 0.1) is 18.9 Å². The molecule has 4 nitrogen and oxygen atoms in total. The Morgan fingerprint density at radius 2 is 2.27 bits per heavy atom. The number of nitrogens with two attached hydrogens (primary N) is 1. The zero-order chi connectivity index (χ0) is 11.1. The van der Waals surface area contributed by atoms with Crippen LogP contribution in [0, 0.1) is 12.3 Å². The lowest BCUT2D eigenvalue weighted by Crippen LogP contribution is -2.45. The van der Waals surface area contributed by atoms with E-state index in [-0.39, 0.29) is 11.0 Å². The van der Waals surface area contributed by atoms with Gasteiger partial charge in [0.15, 0.2) is 0 Å². The van der Waals surface area contributed by atoms with Gasteiger partial charge in [0, 0.05) is 18.2 Å². The molecule has 0 atom stereocenters. The second kappa shape index (κ2) is 3.38. The van der Waals surface area contributed by atoms with Crippen LogP contribution < -0.4 is 11.3 Å².